The van der Waals surface area contributed by atoms with Gasteiger partial charge in [0.2, 0.25) is 0 Å². The summed E-state index contributed by atoms with van der Waals surface area (Å²) in [5.74, 6) is -0.809. The highest BCUT2D eigenvalue weighted by atomic mass is 16.8. The maximum absolute atomic E-state index is 10.8. The molecule has 0 bridgehead atoms. The predicted octanol–water partition coefficient (Wildman–Crippen LogP) is 2.39. The first-order valence-electron chi connectivity index (χ1n) is 10.6. The topological polar surface area (TPSA) is 86.6 Å². The zero-order valence-electron chi connectivity index (χ0n) is 17.8. The van der Waals surface area contributed by atoms with Crippen molar-refractivity contribution in [1.82, 2.24) is 0 Å². The molecule has 0 radical (unpaired) electrons. The van der Waals surface area contributed by atoms with Gasteiger partial charge < -0.3 is 33.9 Å². The Morgan fingerprint density at radius 2 is 1.52 bits per heavy atom. The van der Waals surface area contributed by atoms with Gasteiger partial charge in [-0.3, -0.25) is 0 Å². The molecule has 0 amide bonds. The van der Waals surface area contributed by atoms with E-state index in [0.717, 1.165) is 11.1 Å². The van der Waals surface area contributed by atoms with Crippen molar-refractivity contribution in [2.45, 2.75) is 69.7 Å². The quantitative estimate of drug-likeness (QED) is 0.632. The normalized spacial score (nSPS) is 28.9. The van der Waals surface area contributed by atoms with E-state index < -0.39 is 42.6 Å². The number of benzene rings is 2. The van der Waals surface area contributed by atoms with Crippen LogP contribution in [0.4, 0.5) is 0 Å². The van der Waals surface area contributed by atoms with Gasteiger partial charge in [-0.25, -0.2) is 0 Å². The van der Waals surface area contributed by atoms with Crippen LogP contribution < -0.4 is 0 Å². The summed E-state index contributed by atoms with van der Waals surface area (Å²) in [5.41, 5.74) is 1.98. The zero-order chi connectivity index (χ0) is 21.8. The lowest BCUT2D eigenvalue weighted by molar-refractivity contribution is -0.237. The van der Waals surface area contributed by atoms with Gasteiger partial charge in [-0.05, 0) is 25.0 Å². The van der Waals surface area contributed by atoms with Gasteiger partial charge in [-0.15, -0.1) is 0 Å². The van der Waals surface area contributed by atoms with E-state index in [1.54, 1.807) is 13.8 Å². The smallest absolute Gasteiger partial charge is 0.190 e. The van der Waals surface area contributed by atoms with Crippen LogP contribution in [0.3, 0.4) is 0 Å². The monoisotopic (exact) mass is 430 g/mol. The van der Waals surface area contributed by atoms with Gasteiger partial charge in [-0.1, -0.05) is 60.7 Å². The van der Waals surface area contributed by atoms with Crippen LogP contribution in [0.2, 0.25) is 0 Å². The molecule has 168 valence electrons. The van der Waals surface area contributed by atoms with Gasteiger partial charge in [0.15, 0.2) is 12.1 Å². The van der Waals surface area contributed by atoms with E-state index >= 15 is 0 Å². The largest absolute Gasteiger partial charge is 0.388 e. The molecule has 2 aliphatic heterocycles. The summed E-state index contributed by atoms with van der Waals surface area (Å²) >= 11 is 0. The molecular weight excluding hydrogens is 400 g/mol. The fraction of sp³-hybridized carbons (Fsp3) is 0.500. The Bertz CT molecular complexity index is 813. The first-order chi connectivity index (χ1) is 14.9. The number of aliphatic hydroxyl groups is 2. The lowest BCUT2D eigenvalue weighted by Gasteiger charge is -2.30. The molecule has 2 fully saturated rings. The fourth-order valence-corrected chi connectivity index (χ4v) is 3.92. The zero-order valence-corrected chi connectivity index (χ0v) is 17.8. The van der Waals surface area contributed by atoms with Crippen molar-refractivity contribution in [2.24, 2.45) is 0 Å². The van der Waals surface area contributed by atoms with Crippen LogP contribution in [0.1, 0.15) is 25.0 Å². The molecule has 31 heavy (non-hydrogen) atoms. The first-order valence-corrected chi connectivity index (χ1v) is 10.6. The SMILES string of the molecule is CC1(C)O[C@H]2O[C@H]([C@H](O)[C@H](O)COCc3ccccc3)[C@H](OCc3ccccc3)[C@H]2O1. The number of aliphatic hydroxyl groups excluding tert-OH is 2. The van der Waals surface area contributed by atoms with E-state index in [-0.39, 0.29) is 6.61 Å². The Morgan fingerprint density at radius 1 is 0.903 bits per heavy atom. The van der Waals surface area contributed by atoms with Crippen molar-refractivity contribution in [3.8, 4) is 0 Å². The second kappa shape index (κ2) is 9.75. The second-order valence-corrected chi connectivity index (χ2v) is 8.39. The van der Waals surface area contributed by atoms with Gasteiger partial charge in [0.1, 0.15) is 30.5 Å². The highest BCUT2D eigenvalue weighted by molar-refractivity contribution is 5.14. The Morgan fingerprint density at radius 3 is 2.16 bits per heavy atom. The molecule has 2 heterocycles. The third-order valence-corrected chi connectivity index (χ3v) is 5.44. The predicted molar refractivity (Wildman–Crippen MR) is 112 cm³/mol. The first kappa shape index (κ1) is 22.4. The third kappa shape index (κ3) is 5.51. The Balaban J connectivity index is 1.38. The van der Waals surface area contributed by atoms with Crippen molar-refractivity contribution in [1.29, 1.82) is 0 Å². The molecule has 0 aliphatic carbocycles. The minimum absolute atomic E-state index is 0.0378. The molecule has 2 saturated heterocycles. The van der Waals surface area contributed by atoms with Gasteiger partial charge in [0.25, 0.3) is 0 Å². The number of hydrogen-bond acceptors (Lipinski definition) is 7. The van der Waals surface area contributed by atoms with Crippen molar-refractivity contribution in [2.75, 3.05) is 6.61 Å². The second-order valence-electron chi connectivity index (χ2n) is 8.39. The maximum Gasteiger partial charge on any atom is 0.190 e. The number of rotatable bonds is 9. The molecule has 7 heteroatoms. The van der Waals surface area contributed by atoms with Crippen molar-refractivity contribution in [3.05, 3.63) is 71.8 Å². The number of hydrogen-bond donors (Lipinski definition) is 2. The van der Waals surface area contributed by atoms with E-state index in [9.17, 15) is 10.2 Å². The van der Waals surface area contributed by atoms with Crippen LogP contribution >= 0.6 is 0 Å². The molecule has 0 saturated carbocycles. The Hall–Kier alpha value is -1.84. The summed E-state index contributed by atoms with van der Waals surface area (Å²) in [6.07, 6.45) is -4.97. The van der Waals surface area contributed by atoms with Gasteiger partial charge in [-0.2, -0.15) is 0 Å². The average molecular weight is 430 g/mol. The van der Waals surface area contributed by atoms with Crippen molar-refractivity contribution in [3.63, 3.8) is 0 Å². The molecule has 2 aromatic rings. The molecule has 7 nitrogen and oxygen atoms in total. The van der Waals surface area contributed by atoms with Crippen LogP contribution in [-0.4, -0.2) is 59.4 Å². The van der Waals surface area contributed by atoms with Gasteiger partial charge in [0.05, 0.1) is 19.8 Å². The van der Waals surface area contributed by atoms with E-state index in [0.29, 0.717) is 13.2 Å². The van der Waals surface area contributed by atoms with E-state index in [1.807, 2.05) is 60.7 Å². The average Bonchev–Trinajstić information content (AvgIpc) is 3.24. The standard InChI is InChI=1S/C24H30O7/c1-24(2)30-22-21(28-14-17-11-7-4-8-12-17)20(29-23(22)31-24)19(26)18(25)15-27-13-16-9-5-3-6-10-16/h3-12,18-23,25-26H,13-15H2,1-2H3/t18-,19-,20-,21+,22-,23-/m1/s1. The Labute approximate surface area is 182 Å². The highest BCUT2D eigenvalue weighted by Gasteiger charge is 2.57. The highest BCUT2D eigenvalue weighted by Crippen LogP contribution is 2.40. The van der Waals surface area contributed by atoms with Crippen LogP contribution in [0.5, 0.6) is 0 Å². The molecule has 2 aromatic carbocycles. The van der Waals surface area contributed by atoms with Crippen LogP contribution in [0.15, 0.2) is 60.7 Å². The molecule has 6 atom stereocenters. The molecule has 2 N–H and O–H groups in total. The van der Waals surface area contributed by atoms with Gasteiger partial charge >= 0.3 is 0 Å². The minimum Gasteiger partial charge on any atom is -0.388 e. The number of ether oxygens (including phenoxy) is 5. The van der Waals surface area contributed by atoms with Crippen molar-refractivity contribution >= 4 is 0 Å². The van der Waals surface area contributed by atoms with E-state index in [2.05, 4.69) is 0 Å². The fourth-order valence-electron chi connectivity index (χ4n) is 3.92. The lowest BCUT2D eigenvalue weighted by Crippen LogP contribution is -2.48. The summed E-state index contributed by atoms with van der Waals surface area (Å²) in [6, 6.07) is 19.4. The third-order valence-electron chi connectivity index (χ3n) is 5.44. The van der Waals surface area contributed by atoms with Gasteiger partial charge in [0, 0.05) is 0 Å². The summed E-state index contributed by atoms with van der Waals surface area (Å²) in [4.78, 5) is 0. The number of fused-ring (bicyclic) bond motifs is 1. The summed E-state index contributed by atoms with van der Waals surface area (Å²) in [7, 11) is 0. The summed E-state index contributed by atoms with van der Waals surface area (Å²) < 4.78 is 29.4. The van der Waals surface area contributed by atoms with Crippen LogP contribution in [0.25, 0.3) is 0 Å². The summed E-state index contributed by atoms with van der Waals surface area (Å²) in [6.45, 7) is 4.24. The molecule has 0 spiro atoms. The van der Waals surface area contributed by atoms with E-state index in [1.165, 1.54) is 0 Å². The van der Waals surface area contributed by atoms with Crippen molar-refractivity contribution < 1.29 is 33.9 Å². The summed E-state index contributed by atoms with van der Waals surface area (Å²) in [5, 5.41) is 21.4. The Kier molecular flexibility index (Phi) is 7.03. The van der Waals surface area contributed by atoms with E-state index in [4.69, 9.17) is 23.7 Å². The lowest BCUT2D eigenvalue weighted by atomic mass is 10.0. The molecular formula is C24H30O7. The minimum atomic E-state index is -1.22. The molecule has 2 aliphatic rings. The molecule has 0 unspecified atom stereocenters. The van der Waals surface area contributed by atoms with Crippen LogP contribution in [0, 0.1) is 0 Å². The molecule has 4 rings (SSSR count). The van der Waals surface area contributed by atoms with Crippen LogP contribution in [-0.2, 0) is 36.9 Å². The molecule has 0 aromatic heterocycles. The maximum atomic E-state index is 10.8.